The Balaban J connectivity index is 1.25. The number of rotatable bonds is 4. The first kappa shape index (κ1) is 19.0. The Bertz CT molecular complexity index is 1250. The highest BCUT2D eigenvalue weighted by atomic mass is 16.1. The quantitative estimate of drug-likeness (QED) is 0.528. The predicted molar refractivity (Wildman–Crippen MR) is 119 cm³/mol. The van der Waals surface area contributed by atoms with Crippen LogP contribution in [0, 0.1) is 6.92 Å². The van der Waals surface area contributed by atoms with Crippen LogP contribution in [0.1, 0.15) is 16.8 Å². The molecule has 0 amide bonds. The lowest BCUT2D eigenvalue weighted by Crippen LogP contribution is -3.27. The van der Waals surface area contributed by atoms with Crippen LogP contribution in [0.4, 0.5) is 0 Å². The summed E-state index contributed by atoms with van der Waals surface area (Å²) in [6, 6.07) is 20.9. The molecule has 0 unspecified atom stereocenters. The molecular formula is C25H28N4O+2. The highest BCUT2D eigenvalue weighted by Crippen LogP contribution is 2.17. The molecule has 5 rings (SSSR count). The summed E-state index contributed by atoms with van der Waals surface area (Å²) in [5, 5.41) is 2.70. The summed E-state index contributed by atoms with van der Waals surface area (Å²) in [7, 11) is 0. The van der Waals surface area contributed by atoms with Gasteiger partial charge in [-0.05, 0) is 29.3 Å². The molecule has 3 heterocycles. The van der Waals surface area contributed by atoms with Crippen LogP contribution in [-0.4, -0.2) is 35.6 Å². The number of nitrogens with zero attached hydrogens (tertiary/aromatic N) is 2. The van der Waals surface area contributed by atoms with E-state index in [-0.39, 0.29) is 5.56 Å². The van der Waals surface area contributed by atoms with Crippen molar-refractivity contribution < 1.29 is 9.80 Å². The van der Waals surface area contributed by atoms with Gasteiger partial charge in [0.25, 0.3) is 5.56 Å². The van der Waals surface area contributed by atoms with Gasteiger partial charge in [0.2, 0.25) is 0 Å². The Morgan fingerprint density at radius 2 is 1.63 bits per heavy atom. The molecular weight excluding hydrogens is 372 g/mol. The van der Waals surface area contributed by atoms with Crippen molar-refractivity contribution in [3.05, 3.63) is 94.0 Å². The van der Waals surface area contributed by atoms with E-state index in [0.717, 1.165) is 56.2 Å². The molecule has 0 radical (unpaired) electrons. The first-order valence-electron chi connectivity index (χ1n) is 10.8. The lowest BCUT2D eigenvalue weighted by molar-refractivity contribution is -1.02. The Morgan fingerprint density at radius 1 is 0.900 bits per heavy atom. The van der Waals surface area contributed by atoms with Crippen molar-refractivity contribution in [2.45, 2.75) is 20.0 Å². The highest BCUT2D eigenvalue weighted by Gasteiger charge is 2.24. The minimum absolute atomic E-state index is 0.0123. The van der Waals surface area contributed by atoms with Gasteiger partial charge < -0.3 is 9.80 Å². The molecule has 2 aromatic heterocycles. The highest BCUT2D eigenvalue weighted by molar-refractivity contribution is 5.85. The Hall–Kier alpha value is -3.02. The van der Waals surface area contributed by atoms with Gasteiger partial charge in [0.05, 0.1) is 0 Å². The summed E-state index contributed by atoms with van der Waals surface area (Å²) in [6.45, 7) is 8.38. The number of aromatic nitrogens is 2. The van der Waals surface area contributed by atoms with Gasteiger partial charge in [-0.2, -0.15) is 0 Å². The Labute approximate surface area is 176 Å². The van der Waals surface area contributed by atoms with Crippen molar-refractivity contribution >= 4 is 16.4 Å². The lowest BCUT2D eigenvalue weighted by atomic mass is 10.0. The minimum atomic E-state index is 0.0123. The van der Waals surface area contributed by atoms with Gasteiger partial charge in [0.1, 0.15) is 50.6 Å². The normalized spacial score (nSPS) is 19.4. The average Bonchev–Trinajstić information content (AvgIpc) is 2.76. The van der Waals surface area contributed by atoms with Gasteiger partial charge in [0, 0.05) is 17.8 Å². The van der Waals surface area contributed by atoms with Crippen LogP contribution < -0.4 is 15.4 Å². The molecule has 0 spiro atoms. The largest absolute Gasteiger partial charge is 0.322 e. The molecule has 2 N–H and O–H groups in total. The maximum Gasteiger partial charge on any atom is 0.258 e. The number of hydrogen-bond donors (Lipinski definition) is 2. The van der Waals surface area contributed by atoms with Crippen LogP contribution in [0.25, 0.3) is 16.4 Å². The summed E-state index contributed by atoms with van der Waals surface area (Å²) < 4.78 is 1.64. The summed E-state index contributed by atoms with van der Waals surface area (Å²) in [4.78, 5) is 20.3. The second-order valence-corrected chi connectivity index (χ2v) is 8.51. The van der Waals surface area contributed by atoms with E-state index in [9.17, 15) is 4.79 Å². The van der Waals surface area contributed by atoms with E-state index in [1.807, 2.05) is 25.3 Å². The van der Waals surface area contributed by atoms with Crippen LogP contribution in [0.5, 0.6) is 0 Å². The Kier molecular flexibility index (Phi) is 5.07. The fourth-order valence-corrected chi connectivity index (χ4v) is 4.63. The lowest BCUT2D eigenvalue weighted by Gasteiger charge is -2.29. The van der Waals surface area contributed by atoms with Gasteiger partial charge in [-0.3, -0.25) is 9.20 Å². The van der Waals surface area contributed by atoms with Crippen LogP contribution in [-0.2, 0) is 13.1 Å². The van der Waals surface area contributed by atoms with Crippen LogP contribution in [0.3, 0.4) is 0 Å². The standard InChI is InChI=1S/C25H26N4O/c1-19-9-10-24-26-22(15-25(30)29(24)16-19)18-28-13-11-27(12-14-28)17-21-7-4-6-20-5-2-3-8-23(20)21/h2-10,15-16H,11-14,17-18H2,1H3/p+2. The zero-order chi connectivity index (χ0) is 20.5. The molecule has 0 saturated carbocycles. The van der Waals surface area contributed by atoms with Gasteiger partial charge >= 0.3 is 0 Å². The fraction of sp³-hybridized carbons (Fsp3) is 0.280. The average molecular weight is 401 g/mol. The maximum atomic E-state index is 12.5. The smallest absolute Gasteiger partial charge is 0.258 e. The number of fused-ring (bicyclic) bond motifs is 2. The molecule has 152 valence electrons. The van der Waals surface area contributed by atoms with E-state index in [2.05, 4.69) is 42.5 Å². The third-order valence-corrected chi connectivity index (χ3v) is 6.28. The van der Waals surface area contributed by atoms with Crippen molar-refractivity contribution in [2.75, 3.05) is 26.2 Å². The molecule has 1 saturated heterocycles. The van der Waals surface area contributed by atoms with Crippen molar-refractivity contribution in [3.63, 3.8) is 0 Å². The molecule has 5 nitrogen and oxygen atoms in total. The molecule has 30 heavy (non-hydrogen) atoms. The third kappa shape index (κ3) is 3.86. The summed E-state index contributed by atoms with van der Waals surface area (Å²) in [5.41, 5.74) is 4.15. The summed E-state index contributed by atoms with van der Waals surface area (Å²) >= 11 is 0. The van der Waals surface area contributed by atoms with Crippen LogP contribution in [0.15, 0.2) is 71.7 Å². The second-order valence-electron chi connectivity index (χ2n) is 8.51. The van der Waals surface area contributed by atoms with E-state index >= 15 is 0 Å². The Morgan fingerprint density at radius 3 is 2.47 bits per heavy atom. The molecule has 0 atom stereocenters. The predicted octanol–water partition coefficient (Wildman–Crippen LogP) is 0.640. The van der Waals surface area contributed by atoms with Gasteiger partial charge in [0.15, 0.2) is 0 Å². The number of aryl methyl sites for hydroxylation is 1. The van der Waals surface area contributed by atoms with E-state index in [4.69, 9.17) is 4.98 Å². The molecule has 0 aliphatic carbocycles. The zero-order valence-electron chi connectivity index (χ0n) is 17.4. The topological polar surface area (TPSA) is 43.2 Å². The van der Waals surface area contributed by atoms with Crippen molar-refractivity contribution in [1.29, 1.82) is 0 Å². The molecule has 0 bridgehead atoms. The van der Waals surface area contributed by atoms with E-state index in [0.29, 0.717) is 0 Å². The number of nitrogens with one attached hydrogen (secondary N) is 2. The molecule has 5 heteroatoms. The van der Waals surface area contributed by atoms with Crippen molar-refractivity contribution in [2.24, 2.45) is 0 Å². The first-order chi connectivity index (χ1) is 14.7. The summed E-state index contributed by atoms with van der Waals surface area (Å²) in [6.07, 6.45) is 1.86. The van der Waals surface area contributed by atoms with Crippen molar-refractivity contribution in [3.8, 4) is 0 Å². The number of quaternary nitrogens is 2. The van der Waals surface area contributed by atoms with Crippen molar-refractivity contribution in [1.82, 2.24) is 9.38 Å². The van der Waals surface area contributed by atoms with Gasteiger partial charge in [-0.15, -0.1) is 0 Å². The molecule has 2 aromatic carbocycles. The number of hydrogen-bond acceptors (Lipinski definition) is 2. The van der Waals surface area contributed by atoms with E-state index < -0.39 is 0 Å². The van der Waals surface area contributed by atoms with Crippen LogP contribution in [0.2, 0.25) is 0 Å². The molecule has 1 aliphatic rings. The summed E-state index contributed by atoms with van der Waals surface area (Å²) in [5.74, 6) is 0. The van der Waals surface area contributed by atoms with Gasteiger partial charge in [-0.1, -0.05) is 48.5 Å². The number of piperazine rings is 1. The van der Waals surface area contributed by atoms with Crippen LogP contribution >= 0.6 is 0 Å². The molecule has 1 aliphatic heterocycles. The number of pyridine rings is 1. The number of benzene rings is 2. The zero-order valence-corrected chi connectivity index (χ0v) is 17.4. The molecule has 4 aromatic rings. The minimum Gasteiger partial charge on any atom is -0.322 e. The maximum absolute atomic E-state index is 12.5. The SMILES string of the molecule is Cc1ccc2nc(C[NH+]3CC[NH+](Cc4cccc5ccccc45)CC3)cc(=O)n2c1. The first-order valence-corrected chi connectivity index (χ1v) is 10.8. The fourth-order valence-electron chi connectivity index (χ4n) is 4.63. The monoisotopic (exact) mass is 400 g/mol. The van der Waals surface area contributed by atoms with E-state index in [1.165, 1.54) is 21.2 Å². The van der Waals surface area contributed by atoms with Gasteiger partial charge in [-0.25, -0.2) is 4.98 Å². The third-order valence-electron chi connectivity index (χ3n) is 6.28. The molecule has 1 fully saturated rings. The van der Waals surface area contributed by atoms with E-state index in [1.54, 1.807) is 15.4 Å². The second kappa shape index (κ2) is 8.01.